The molecule has 1 aromatic carbocycles. The van der Waals surface area contributed by atoms with Gasteiger partial charge >= 0.3 is 0 Å². The highest BCUT2D eigenvalue weighted by Crippen LogP contribution is 2.39. The fourth-order valence-corrected chi connectivity index (χ4v) is 6.35. The lowest BCUT2D eigenvalue weighted by molar-refractivity contribution is -0.137. The summed E-state index contributed by atoms with van der Waals surface area (Å²) in [5.41, 5.74) is 4.85. The van der Waals surface area contributed by atoms with Gasteiger partial charge in [0.25, 0.3) is 0 Å². The minimum absolute atomic E-state index is 0.130. The SMILES string of the molecule is O=C1CCC(N2Cc3cc(CN4CC=C(c5ncc6ccsc6n5)CC4)ccc3C2S)C(=O)N1. The number of hydrogen-bond donors (Lipinski definition) is 2. The normalized spacial score (nSPS) is 23.7. The van der Waals surface area contributed by atoms with Gasteiger partial charge in [-0.05, 0) is 46.6 Å². The first-order valence-corrected chi connectivity index (χ1v) is 13.0. The van der Waals surface area contributed by atoms with Crippen molar-refractivity contribution in [2.75, 3.05) is 13.1 Å². The average Bonchev–Trinajstić information content (AvgIpc) is 3.43. The summed E-state index contributed by atoms with van der Waals surface area (Å²) in [6.45, 7) is 3.38. The summed E-state index contributed by atoms with van der Waals surface area (Å²) in [6, 6.07) is 8.30. The summed E-state index contributed by atoms with van der Waals surface area (Å²) >= 11 is 6.45. The number of rotatable bonds is 4. The van der Waals surface area contributed by atoms with Gasteiger partial charge in [0, 0.05) is 44.2 Å². The third-order valence-corrected chi connectivity index (χ3v) is 8.35. The predicted molar refractivity (Wildman–Crippen MR) is 135 cm³/mol. The Morgan fingerprint density at radius 2 is 2.12 bits per heavy atom. The molecule has 5 heterocycles. The van der Waals surface area contributed by atoms with E-state index in [1.807, 2.05) is 6.20 Å². The summed E-state index contributed by atoms with van der Waals surface area (Å²) in [7, 11) is 0. The van der Waals surface area contributed by atoms with E-state index in [1.54, 1.807) is 11.3 Å². The van der Waals surface area contributed by atoms with Crippen molar-refractivity contribution in [3.05, 3.63) is 64.4 Å². The van der Waals surface area contributed by atoms with E-state index >= 15 is 0 Å². The van der Waals surface area contributed by atoms with E-state index in [0.29, 0.717) is 19.4 Å². The van der Waals surface area contributed by atoms with Gasteiger partial charge in [-0.15, -0.1) is 11.3 Å². The first-order chi connectivity index (χ1) is 16.5. The van der Waals surface area contributed by atoms with Crippen LogP contribution in [0.2, 0.25) is 0 Å². The molecule has 1 saturated heterocycles. The number of nitrogens with one attached hydrogen (secondary N) is 1. The number of amides is 2. The zero-order valence-corrected chi connectivity index (χ0v) is 20.3. The molecule has 34 heavy (non-hydrogen) atoms. The Kier molecular flexibility index (Phi) is 5.73. The Hall–Kier alpha value is -2.59. The van der Waals surface area contributed by atoms with Crippen LogP contribution in [-0.2, 0) is 22.7 Å². The molecule has 3 aliphatic rings. The number of nitrogens with zero attached hydrogens (tertiary/aromatic N) is 4. The van der Waals surface area contributed by atoms with Crippen molar-refractivity contribution in [2.24, 2.45) is 0 Å². The molecule has 174 valence electrons. The molecule has 9 heteroatoms. The van der Waals surface area contributed by atoms with Crippen molar-refractivity contribution in [1.82, 2.24) is 25.1 Å². The van der Waals surface area contributed by atoms with Crippen molar-refractivity contribution in [3.63, 3.8) is 0 Å². The summed E-state index contributed by atoms with van der Waals surface area (Å²) in [5.74, 6) is 0.454. The minimum Gasteiger partial charge on any atom is -0.295 e. The van der Waals surface area contributed by atoms with Crippen LogP contribution in [0.25, 0.3) is 15.8 Å². The lowest BCUT2D eigenvalue weighted by atomic mass is 10.0. The van der Waals surface area contributed by atoms with E-state index in [9.17, 15) is 9.59 Å². The van der Waals surface area contributed by atoms with Crippen LogP contribution in [0.3, 0.4) is 0 Å². The molecule has 0 spiro atoms. The zero-order valence-electron chi connectivity index (χ0n) is 18.6. The molecule has 0 aliphatic carbocycles. The van der Waals surface area contributed by atoms with Gasteiger partial charge in [0.1, 0.15) is 4.83 Å². The van der Waals surface area contributed by atoms with Crippen LogP contribution in [0.15, 0.2) is 41.9 Å². The fraction of sp³-hybridized carbons (Fsp3) is 0.360. The lowest BCUT2D eigenvalue weighted by Crippen LogP contribution is -2.51. The van der Waals surface area contributed by atoms with Crippen LogP contribution in [-0.4, -0.2) is 50.7 Å². The molecule has 2 amide bonds. The number of thiophene rings is 1. The van der Waals surface area contributed by atoms with Gasteiger partial charge < -0.3 is 0 Å². The van der Waals surface area contributed by atoms with E-state index in [0.717, 1.165) is 47.7 Å². The summed E-state index contributed by atoms with van der Waals surface area (Å²) in [4.78, 5) is 38.8. The van der Waals surface area contributed by atoms with Gasteiger partial charge in [0.15, 0.2) is 5.82 Å². The highest BCUT2D eigenvalue weighted by molar-refractivity contribution is 7.80. The number of hydrogen-bond acceptors (Lipinski definition) is 8. The Morgan fingerprint density at radius 1 is 1.21 bits per heavy atom. The number of benzene rings is 1. The number of fused-ring (bicyclic) bond motifs is 2. The predicted octanol–water partition coefficient (Wildman–Crippen LogP) is 3.53. The largest absolute Gasteiger partial charge is 0.295 e. The monoisotopic (exact) mass is 491 g/mol. The van der Waals surface area contributed by atoms with E-state index in [-0.39, 0.29) is 23.2 Å². The molecule has 2 unspecified atom stereocenters. The topological polar surface area (TPSA) is 78.4 Å². The maximum Gasteiger partial charge on any atom is 0.243 e. The Morgan fingerprint density at radius 3 is 2.94 bits per heavy atom. The van der Waals surface area contributed by atoms with Crippen molar-refractivity contribution in [2.45, 2.75) is 43.8 Å². The molecule has 3 aliphatic heterocycles. The first-order valence-electron chi connectivity index (χ1n) is 11.6. The molecule has 7 nitrogen and oxygen atoms in total. The molecule has 2 aromatic heterocycles. The third-order valence-electron chi connectivity index (χ3n) is 6.96. The van der Waals surface area contributed by atoms with Gasteiger partial charge in [-0.3, -0.25) is 24.7 Å². The van der Waals surface area contributed by atoms with Crippen LogP contribution >= 0.6 is 24.0 Å². The lowest BCUT2D eigenvalue weighted by Gasteiger charge is -2.32. The van der Waals surface area contributed by atoms with E-state index in [2.05, 4.69) is 55.8 Å². The maximum absolute atomic E-state index is 12.4. The number of thiol groups is 1. The second-order valence-corrected chi connectivity index (χ2v) is 10.5. The third kappa shape index (κ3) is 4.07. The van der Waals surface area contributed by atoms with Gasteiger partial charge in [0.05, 0.1) is 11.4 Å². The zero-order chi connectivity index (χ0) is 23.2. The standard InChI is InChI=1S/C25H25N5O2S2/c31-21-4-3-20(23(32)27-21)30-14-18-11-15(1-2-19(18)25(30)33)13-29-8-5-16(6-9-29)22-26-12-17-7-10-34-24(17)28-22/h1-2,5,7,10-12,20,25,33H,3-4,6,8-9,13-14H2,(H,27,31,32). The number of carbonyl (C=O) groups is 2. The molecule has 0 saturated carbocycles. The van der Waals surface area contributed by atoms with Gasteiger partial charge in [0.2, 0.25) is 11.8 Å². The molecular weight excluding hydrogens is 466 g/mol. The molecule has 2 atom stereocenters. The number of carbonyl (C=O) groups excluding carboxylic acids is 2. The molecule has 1 N–H and O–H groups in total. The molecule has 0 radical (unpaired) electrons. The number of imide groups is 1. The fourth-order valence-electron chi connectivity index (χ4n) is 5.11. The number of piperidine rings is 1. The minimum atomic E-state index is -0.308. The van der Waals surface area contributed by atoms with E-state index < -0.39 is 0 Å². The molecule has 3 aromatic rings. The summed E-state index contributed by atoms with van der Waals surface area (Å²) in [6.07, 6.45) is 6.03. The van der Waals surface area contributed by atoms with Crippen LogP contribution in [0.5, 0.6) is 0 Å². The van der Waals surface area contributed by atoms with Crippen molar-refractivity contribution >= 4 is 51.6 Å². The van der Waals surface area contributed by atoms with Crippen molar-refractivity contribution < 1.29 is 9.59 Å². The molecule has 0 bridgehead atoms. The Balaban J connectivity index is 1.12. The summed E-state index contributed by atoms with van der Waals surface area (Å²) < 4.78 is 0. The molecular formula is C25H25N5O2S2. The maximum atomic E-state index is 12.4. The highest BCUT2D eigenvalue weighted by Gasteiger charge is 2.39. The smallest absolute Gasteiger partial charge is 0.243 e. The van der Waals surface area contributed by atoms with Gasteiger partial charge in [-0.1, -0.05) is 24.3 Å². The van der Waals surface area contributed by atoms with Crippen LogP contribution in [0.4, 0.5) is 0 Å². The van der Waals surface area contributed by atoms with Crippen LogP contribution in [0.1, 0.15) is 47.2 Å². The second-order valence-electron chi connectivity index (χ2n) is 9.14. The quantitative estimate of drug-likeness (QED) is 0.430. The molecule has 6 rings (SSSR count). The van der Waals surface area contributed by atoms with Crippen LogP contribution in [0, 0.1) is 0 Å². The average molecular weight is 492 g/mol. The molecule has 1 fully saturated rings. The Labute approximate surface area is 207 Å². The van der Waals surface area contributed by atoms with Crippen LogP contribution < -0.4 is 5.32 Å². The first kappa shape index (κ1) is 21.9. The number of aromatic nitrogens is 2. The van der Waals surface area contributed by atoms with Crippen molar-refractivity contribution in [1.29, 1.82) is 0 Å². The van der Waals surface area contributed by atoms with Gasteiger partial charge in [-0.2, -0.15) is 12.6 Å². The second kappa shape index (κ2) is 8.88. The van der Waals surface area contributed by atoms with E-state index in [1.165, 1.54) is 16.7 Å². The van der Waals surface area contributed by atoms with Gasteiger partial charge in [-0.25, -0.2) is 9.97 Å². The Bertz CT molecular complexity index is 1320. The highest BCUT2D eigenvalue weighted by atomic mass is 32.1. The van der Waals surface area contributed by atoms with Crippen molar-refractivity contribution in [3.8, 4) is 0 Å². The van der Waals surface area contributed by atoms with E-state index in [4.69, 9.17) is 17.6 Å². The summed E-state index contributed by atoms with van der Waals surface area (Å²) in [5, 5.41) is 5.49.